The lowest BCUT2D eigenvalue weighted by molar-refractivity contribution is -0.145. The molecule has 0 aliphatic heterocycles. The minimum atomic E-state index is -0.411. The number of esters is 1. The summed E-state index contributed by atoms with van der Waals surface area (Å²) in [6.07, 6.45) is 0. The number of hydrogen-bond acceptors (Lipinski definition) is 4. The molecule has 0 amide bonds. The summed E-state index contributed by atoms with van der Waals surface area (Å²) in [5.41, 5.74) is 0. The van der Waals surface area contributed by atoms with Gasteiger partial charge in [-0.25, -0.2) is 4.79 Å². The molecule has 5 heteroatoms. The van der Waals surface area contributed by atoms with E-state index in [4.69, 9.17) is 14.2 Å². The van der Waals surface area contributed by atoms with Gasteiger partial charge in [-0.15, -0.1) is 0 Å². The fourth-order valence-electron chi connectivity index (χ4n) is 1.64. The van der Waals surface area contributed by atoms with Crippen LogP contribution in [0.1, 0.15) is 6.92 Å². The molecule has 0 saturated carbocycles. The van der Waals surface area contributed by atoms with E-state index in [0.717, 1.165) is 4.47 Å². The Kier molecular flexibility index (Phi) is 5.63. The summed E-state index contributed by atoms with van der Waals surface area (Å²) in [7, 11) is 0. The van der Waals surface area contributed by atoms with Crippen LogP contribution < -0.4 is 9.47 Å². The normalized spacial score (nSPS) is 10.0. The first-order valence-corrected chi connectivity index (χ1v) is 7.29. The number of halogens is 1. The maximum absolute atomic E-state index is 11.4. The second-order valence-electron chi connectivity index (χ2n) is 4.10. The fraction of sp³-hybridized carbons (Fsp3) is 0.188. The van der Waals surface area contributed by atoms with Gasteiger partial charge in [0.15, 0.2) is 18.1 Å². The highest BCUT2D eigenvalue weighted by atomic mass is 79.9. The number of carbonyl (C=O) groups is 1. The van der Waals surface area contributed by atoms with E-state index in [2.05, 4.69) is 15.9 Å². The molecule has 0 unspecified atom stereocenters. The van der Waals surface area contributed by atoms with Gasteiger partial charge in [0.05, 0.1) is 6.61 Å². The predicted molar refractivity (Wildman–Crippen MR) is 82.8 cm³/mol. The van der Waals surface area contributed by atoms with Crippen LogP contribution in [0.3, 0.4) is 0 Å². The minimum absolute atomic E-state index is 0.152. The average Bonchev–Trinajstić information content (AvgIpc) is 2.48. The SMILES string of the molecule is CCOC(=O)COc1ccc(Br)cc1Oc1ccccc1. The quantitative estimate of drug-likeness (QED) is 0.733. The van der Waals surface area contributed by atoms with E-state index in [9.17, 15) is 4.79 Å². The summed E-state index contributed by atoms with van der Waals surface area (Å²) in [5, 5.41) is 0. The Bertz CT molecular complexity index is 598. The lowest BCUT2D eigenvalue weighted by Crippen LogP contribution is -2.14. The van der Waals surface area contributed by atoms with Crippen LogP contribution in [0.4, 0.5) is 0 Å². The molecule has 4 nitrogen and oxygen atoms in total. The largest absolute Gasteiger partial charge is 0.478 e. The van der Waals surface area contributed by atoms with E-state index in [0.29, 0.717) is 23.9 Å². The molecule has 0 aliphatic carbocycles. The van der Waals surface area contributed by atoms with Crippen LogP contribution in [0, 0.1) is 0 Å². The van der Waals surface area contributed by atoms with Gasteiger partial charge in [-0.1, -0.05) is 34.1 Å². The summed E-state index contributed by atoms with van der Waals surface area (Å²) in [6, 6.07) is 14.7. The Balaban J connectivity index is 2.12. The third kappa shape index (κ3) is 4.79. The van der Waals surface area contributed by atoms with Gasteiger partial charge < -0.3 is 14.2 Å². The highest BCUT2D eigenvalue weighted by Gasteiger charge is 2.10. The maximum atomic E-state index is 11.4. The van der Waals surface area contributed by atoms with Crippen LogP contribution in [0.5, 0.6) is 17.2 Å². The van der Waals surface area contributed by atoms with Crippen molar-refractivity contribution in [1.29, 1.82) is 0 Å². The summed E-state index contributed by atoms with van der Waals surface area (Å²) in [6.45, 7) is 1.93. The molecule has 0 atom stereocenters. The van der Waals surface area contributed by atoms with Gasteiger partial charge in [0.25, 0.3) is 0 Å². The molecule has 2 rings (SSSR count). The third-order valence-corrected chi connectivity index (χ3v) is 3.02. The molecule has 2 aromatic carbocycles. The molecule has 0 heterocycles. The highest BCUT2D eigenvalue weighted by Crippen LogP contribution is 2.34. The number of ether oxygens (including phenoxy) is 3. The molecule has 0 radical (unpaired) electrons. The Labute approximate surface area is 131 Å². The summed E-state index contributed by atoms with van der Waals surface area (Å²) < 4.78 is 16.9. The Morgan fingerprint density at radius 2 is 1.86 bits per heavy atom. The van der Waals surface area contributed by atoms with Crippen LogP contribution in [-0.2, 0) is 9.53 Å². The molecular formula is C16H15BrO4. The molecule has 0 N–H and O–H groups in total. The van der Waals surface area contributed by atoms with Crippen molar-refractivity contribution in [3.05, 3.63) is 53.0 Å². The van der Waals surface area contributed by atoms with Crippen LogP contribution in [-0.4, -0.2) is 19.2 Å². The Morgan fingerprint density at radius 1 is 1.10 bits per heavy atom. The first kappa shape index (κ1) is 15.4. The molecule has 0 spiro atoms. The molecule has 110 valence electrons. The lowest BCUT2D eigenvalue weighted by atomic mass is 10.3. The number of benzene rings is 2. The van der Waals surface area contributed by atoms with E-state index in [1.165, 1.54) is 0 Å². The van der Waals surface area contributed by atoms with E-state index < -0.39 is 5.97 Å². The van der Waals surface area contributed by atoms with Crippen molar-refractivity contribution in [3.8, 4) is 17.2 Å². The van der Waals surface area contributed by atoms with Crippen molar-refractivity contribution in [2.45, 2.75) is 6.92 Å². The molecule has 0 aromatic heterocycles. The molecule has 0 fully saturated rings. The van der Waals surface area contributed by atoms with E-state index in [-0.39, 0.29) is 6.61 Å². The second-order valence-corrected chi connectivity index (χ2v) is 5.02. The summed E-state index contributed by atoms with van der Waals surface area (Å²) >= 11 is 3.39. The molecule has 0 bridgehead atoms. The first-order valence-electron chi connectivity index (χ1n) is 6.50. The van der Waals surface area contributed by atoms with Gasteiger partial charge >= 0.3 is 5.97 Å². The predicted octanol–water partition coefficient (Wildman–Crippen LogP) is 4.18. The van der Waals surface area contributed by atoms with Crippen LogP contribution in [0.25, 0.3) is 0 Å². The van der Waals surface area contributed by atoms with E-state index >= 15 is 0 Å². The average molecular weight is 351 g/mol. The highest BCUT2D eigenvalue weighted by molar-refractivity contribution is 9.10. The maximum Gasteiger partial charge on any atom is 0.344 e. The summed E-state index contributed by atoms with van der Waals surface area (Å²) in [5.74, 6) is 1.29. The third-order valence-electron chi connectivity index (χ3n) is 2.53. The topological polar surface area (TPSA) is 44.8 Å². The van der Waals surface area contributed by atoms with Crippen molar-refractivity contribution in [2.24, 2.45) is 0 Å². The number of hydrogen-bond donors (Lipinski definition) is 0. The van der Waals surface area contributed by atoms with Crippen molar-refractivity contribution in [2.75, 3.05) is 13.2 Å². The van der Waals surface area contributed by atoms with Gasteiger partial charge in [-0.2, -0.15) is 0 Å². The smallest absolute Gasteiger partial charge is 0.344 e. The second kappa shape index (κ2) is 7.69. The van der Waals surface area contributed by atoms with Crippen LogP contribution >= 0.6 is 15.9 Å². The van der Waals surface area contributed by atoms with Gasteiger partial charge in [-0.05, 0) is 37.3 Å². The summed E-state index contributed by atoms with van der Waals surface area (Å²) in [4.78, 5) is 11.4. The van der Waals surface area contributed by atoms with E-state index in [1.807, 2.05) is 36.4 Å². The van der Waals surface area contributed by atoms with Gasteiger partial charge in [0.1, 0.15) is 5.75 Å². The zero-order valence-corrected chi connectivity index (χ0v) is 13.1. The van der Waals surface area contributed by atoms with Crippen molar-refractivity contribution < 1.29 is 19.0 Å². The van der Waals surface area contributed by atoms with Gasteiger partial charge in [0, 0.05) is 4.47 Å². The first-order chi connectivity index (χ1) is 10.2. The molecular weight excluding hydrogens is 336 g/mol. The Morgan fingerprint density at radius 3 is 2.57 bits per heavy atom. The standard InChI is InChI=1S/C16H15BrO4/c1-2-19-16(18)11-20-14-9-8-12(17)10-15(14)21-13-6-4-3-5-7-13/h3-10H,2,11H2,1H3. The molecule has 0 saturated heterocycles. The lowest BCUT2D eigenvalue weighted by Gasteiger charge is -2.12. The molecule has 0 aliphatic rings. The zero-order valence-electron chi connectivity index (χ0n) is 11.5. The monoisotopic (exact) mass is 350 g/mol. The fourth-order valence-corrected chi connectivity index (χ4v) is 1.98. The van der Waals surface area contributed by atoms with Crippen molar-refractivity contribution in [3.63, 3.8) is 0 Å². The van der Waals surface area contributed by atoms with Crippen LogP contribution in [0.2, 0.25) is 0 Å². The molecule has 2 aromatic rings. The van der Waals surface area contributed by atoms with E-state index in [1.54, 1.807) is 19.1 Å². The van der Waals surface area contributed by atoms with Crippen LogP contribution in [0.15, 0.2) is 53.0 Å². The number of rotatable bonds is 6. The minimum Gasteiger partial charge on any atom is -0.478 e. The number of para-hydroxylation sites is 1. The van der Waals surface area contributed by atoms with Gasteiger partial charge in [-0.3, -0.25) is 0 Å². The van der Waals surface area contributed by atoms with Gasteiger partial charge in [0.2, 0.25) is 0 Å². The molecule has 21 heavy (non-hydrogen) atoms. The van der Waals surface area contributed by atoms with Crippen molar-refractivity contribution in [1.82, 2.24) is 0 Å². The van der Waals surface area contributed by atoms with Crippen molar-refractivity contribution >= 4 is 21.9 Å². The number of carbonyl (C=O) groups excluding carboxylic acids is 1. The zero-order chi connectivity index (χ0) is 15.1. The Hall–Kier alpha value is -2.01.